The van der Waals surface area contributed by atoms with E-state index in [1.807, 2.05) is 26.0 Å². The van der Waals surface area contributed by atoms with E-state index in [1.54, 1.807) is 17.9 Å². The monoisotopic (exact) mass is 301 g/mol. The number of thiazole rings is 1. The van der Waals surface area contributed by atoms with Gasteiger partial charge in [0.15, 0.2) is 5.13 Å². The Morgan fingerprint density at radius 3 is 2.81 bits per heavy atom. The van der Waals surface area contributed by atoms with Crippen LogP contribution < -0.4 is 11.1 Å². The number of benzene rings is 1. The number of nitrogen functional groups attached to an aromatic ring is 1. The molecule has 0 unspecified atom stereocenters. The second kappa shape index (κ2) is 4.85. The van der Waals surface area contributed by atoms with Crippen molar-refractivity contribution >= 4 is 38.3 Å². The number of amides is 1. The largest absolute Gasteiger partial charge is 0.375 e. The van der Waals surface area contributed by atoms with Crippen LogP contribution in [0, 0.1) is 13.8 Å². The highest BCUT2D eigenvalue weighted by atomic mass is 32.1. The van der Waals surface area contributed by atoms with E-state index in [1.165, 1.54) is 11.3 Å². The maximum Gasteiger partial charge on any atom is 0.259 e. The number of hydrogen-bond acceptors (Lipinski definition) is 5. The molecule has 0 aliphatic carbocycles. The van der Waals surface area contributed by atoms with Gasteiger partial charge in [0.25, 0.3) is 5.91 Å². The highest BCUT2D eigenvalue weighted by Gasteiger charge is 2.14. The molecule has 0 aliphatic rings. The standard InChI is InChI=1S/C14H15N5OS/c1-7-4-9(5-11-12(7)17-14(15)21-11)16-13(20)10-6-19(3)18-8(10)2/h4-6H,1-3H3,(H2,15,17)(H,16,20). The molecule has 2 aromatic heterocycles. The summed E-state index contributed by atoms with van der Waals surface area (Å²) in [5.74, 6) is -0.170. The summed E-state index contributed by atoms with van der Waals surface area (Å²) in [6, 6.07) is 3.78. The summed E-state index contributed by atoms with van der Waals surface area (Å²) in [6.07, 6.45) is 1.71. The third-order valence-electron chi connectivity index (χ3n) is 3.22. The minimum atomic E-state index is -0.170. The van der Waals surface area contributed by atoms with Crippen LogP contribution in [0.5, 0.6) is 0 Å². The summed E-state index contributed by atoms with van der Waals surface area (Å²) in [6.45, 7) is 3.76. The molecule has 3 N–H and O–H groups in total. The average Bonchev–Trinajstić information content (AvgIpc) is 2.91. The highest BCUT2D eigenvalue weighted by Crippen LogP contribution is 2.29. The molecule has 0 bridgehead atoms. The Morgan fingerprint density at radius 1 is 1.38 bits per heavy atom. The number of nitrogens with one attached hydrogen (secondary N) is 1. The fourth-order valence-electron chi connectivity index (χ4n) is 2.31. The van der Waals surface area contributed by atoms with Crippen LogP contribution in [0.4, 0.5) is 10.8 Å². The third-order valence-corrected chi connectivity index (χ3v) is 4.05. The molecule has 3 rings (SSSR count). The number of hydrogen-bond donors (Lipinski definition) is 2. The lowest BCUT2D eigenvalue weighted by molar-refractivity contribution is 0.102. The molecular weight excluding hydrogens is 286 g/mol. The molecule has 0 fully saturated rings. The first-order chi connectivity index (χ1) is 9.94. The van der Waals surface area contributed by atoms with E-state index in [4.69, 9.17) is 5.73 Å². The topological polar surface area (TPSA) is 85.8 Å². The van der Waals surface area contributed by atoms with Gasteiger partial charge in [-0.3, -0.25) is 9.48 Å². The Labute approximate surface area is 125 Å². The van der Waals surface area contributed by atoms with Gasteiger partial charge in [0.1, 0.15) is 0 Å². The molecule has 2 heterocycles. The SMILES string of the molecule is Cc1nn(C)cc1C(=O)Nc1cc(C)c2nc(N)sc2c1. The van der Waals surface area contributed by atoms with E-state index in [0.29, 0.717) is 16.4 Å². The number of nitrogens with zero attached hydrogens (tertiary/aromatic N) is 3. The molecule has 0 radical (unpaired) electrons. The molecule has 21 heavy (non-hydrogen) atoms. The van der Waals surface area contributed by atoms with E-state index >= 15 is 0 Å². The van der Waals surface area contributed by atoms with Crippen molar-refractivity contribution in [2.75, 3.05) is 11.1 Å². The molecular formula is C14H15N5OS. The number of anilines is 2. The number of aryl methyl sites for hydroxylation is 3. The van der Waals surface area contributed by atoms with E-state index in [0.717, 1.165) is 21.5 Å². The number of aromatic nitrogens is 3. The fraction of sp³-hybridized carbons (Fsp3) is 0.214. The molecule has 108 valence electrons. The number of carbonyl (C=O) groups is 1. The molecule has 6 nitrogen and oxygen atoms in total. The lowest BCUT2D eigenvalue weighted by Crippen LogP contribution is -2.12. The normalized spacial score (nSPS) is 11.0. The zero-order valence-electron chi connectivity index (χ0n) is 12.0. The molecule has 0 spiro atoms. The molecule has 1 amide bonds. The van der Waals surface area contributed by atoms with Gasteiger partial charge < -0.3 is 11.1 Å². The second-order valence-corrected chi connectivity index (χ2v) is 6.01. The van der Waals surface area contributed by atoms with Crippen molar-refractivity contribution in [3.63, 3.8) is 0 Å². The maximum atomic E-state index is 12.3. The van der Waals surface area contributed by atoms with Crippen LogP contribution in [0.15, 0.2) is 18.3 Å². The van der Waals surface area contributed by atoms with Crippen LogP contribution >= 0.6 is 11.3 Å². The number of nitrogens with two attached hydrogens (primary N) is 1. The molecule has 0 saturated heterocycles. The van der Waals surface area contributed by atoms with Gasteiger partial charge in [-0.25, -0.2) is 4.98 Å². The number of carbonyl (C=O) groups excluding carboxylic acids is 1. The summed E-state index contributed by atoms with van der Waals surface area (Å²) in [5.41, 5.74) is 9.61. The van der Waals surface area contributed by atoms with E-state index in [-0.39, 0.29) is 5.91 Å². The van der Waals surface area contributed by atoms with E-state index in [9.17, 15) is 4.79 Å². The quantitative estimate of drug-likeness (QED) is 0.761. The Morgan fingerprint density at radius 2 is 2.14 bits per heavy atom. The van der Waals surface area contributed by atoms with Gasteiger partial charge in [0.05, 0.1) is 21.5 Å². The van der Waals surface area contributed by atoms with Gasteiger partial charge in [-0.2, -0.15) is 5.10 Å². The van der Waals surface area contributed by atoms with Crippen LogP contribution in [0.25, 0.3) is 10.2 Å². The van der Waals surface area contributed by atoms with Gasteiger partial charge in [-0.05, 0) is 31.5 Å². The fourth-order valence-corrected chi connectivity index (χ4v) is 3.16. The van der Waals surface area contributed by atoms with Crippen LogP contribution in [-0.2, 0) is 7.05 Å². The first-order valence-electron chi connectivity index (χ1n) is 6.42. The first kappa shape index (κ1) is 13.6. The smallest absolute Gasteiger partial charge is 0.259 e. The summed E-state index contributed by atoms with van der Waals surface area (Å²) in [5, 5.41) is 7.60. The Balaban J connectivity index is 1.94. The lowest BCUT2D eigenvalue weighted by atomic mass is 10.2. The van der Waals surface area contributed by atoms with Gasteiger partial charge in [-0.1, -0.05) is 11.3 Å². The number of rotatable bonds is 2. The Kier molecular flexibility index (Phi) is 3.13. The zero-order chi connectivity index (χ0) is 15.1. The maximum absolute atomic E-state index is 12.3. The minimum absolute atomic E-state index is 0.170. The van der Waals surface area contributed by atoms with Gasteiger partial charge in [0, 0.05) is 18.9 Å². The third kappa shape index (κ3) is 2.47. The van der Waals surface area contributed by atoms with Crippen molar-refractivity contribution in [1.82, 2.24) is 14.8 Å². The predicted molar refractivity (Wildman–Crippen MR) is 84.7 cm³/mol. The lowest BCUT2D eigenvalue weighted by Gasteiger charge is -2.06. The predicted octanol–water partition coefficient (Wildman–Crippen LogP) is 2.48. The molecule has 0 atom stereocenters. The summed E-state index contributed by atoms with van der Waals surface area (Å²) < 4.78 is 2.59. The van der Waals surface area contributed by atoms with Gasteiger partial charge >= 0.3 is 0 Å². The van der Waals surface area contributed by atoms with Crippen LogP contribution in [0.1, 0.15) is 21.6 Å². The molecule has 1 aromatic carbocycles. The second-order valence-electron chi connectivity index (χ2n) is 4.95. The molecule has 0 aliphatic heterocycles. The Hall–Kier alpha value is -2.41. The van der Waals surface area contributed by atoms with E-state index in [2.05, 4.69) is 15.4 Å². The average molecular weight is 301 g/mol. The number of fused-ring (bicyclic) bond motifs is 1. The molecule has 3 aromatic rings. The van der Waals surface area contributed by atoms with Crippen molar-refractivity contribution in [2.45, 2.75) is 13.8 Å². The first-order valence-corrected chi connectivity index (χ1v) is 7.24. The summed E-state index contributed by atoms with van der Waals surface area (Å²) >= 11 is 1.41. The zero-order valence-corrected chi connectivity index (χ0v) is 12.8. The van der Waals surface area contributed by atoms with Gasteiger partial charge in [0.2, 0.25) is 0 Å². The van der Waals surface area contributed by atoms with Crippen molar-refractivity contribution in [1.29, 1.82) is 0 Å². The van der Waals surface area contributed by atoms with Crippen LogP contribution in [-0.4, -0.2) is 20.7 Å². The van der Waals surface area contributed by atoms with E-state index < -0.39 is 0 Å². The van der Waals surface area contributed by atoms with Gasteiger partial charge in [-0.15, -0.1) is 0 Å². The van der Waals surface area contributed by atoms with Crippen molar-refractivity contribution in [2.24, 2.45) is 7.05 Å². The molecule has 0 saturated carbocycles. The molecule has 7 heteroatoms. The van der Waals surface area contributed by atoms with Crippen molar-refractivity contribution < 1.29 is 4.79 Å². The van der Waals surface area contributed by atoms with Crippen LogP contribution in [0.2, 0.25) is 0 Å². The van der Waals surface area contributed by atoms with Crippen molar-refractivity contribution in [3.8, 4) is 0 Å². The van der Waals surface area contributed by atoms with Crippen LogP contribution in [0.3, 0.4) is 0 Å². The highest BCUT2D eigenvalue weighted by molar-refractivity contribution is 7.22. The summed E-state index contributed by atoms with van der Waals surface area (Å²) in [7, 11) is 1.79. The van der Waals surface area contributed by atoms with Crippen molar-refractivity contribution in [3.05, 3.63) is 35.2 Å². The summed E-state index contributed by atoms with van der Waals surface area (Å²) in [4.78, 5) is 16.6. The Bertz CT molecular complexity index is 849. The minimum Gasteiger partial charge on any atom is -0.375 e.